The first kappa shape index (κ1) is 20.2. The van der Waals surface area contributed by atoms with Crippen LogP contribution in [0.3, 0.4) is 0 Å². The second-order valence-electron chi connectivity index (χ2n) is 6.79. The molecule has 3 rings (SSSR count). The molecule has 0 amide bonds. The van der Waals surface area contributed by atoms with Crippen molar-refractivity contribution in [2.24, 2.45) is 0 Å². The second kappa shape index (κ2) is 8.64. The fraction of sp³-hybridized carbons (Fsp3) is 0.300. The molecule has 0 radical (unpaired) electrons. The minimum Gasteiger partial charge on any atom is -0.465 e. The summed E-state index contributed by atoms with van der Waals surface area (Å²) >= 11 is -2.14. The zero-order chi connectivity index (χ0) is 20.3. The Morgan fingerprint density at radius 1 is 1.18 bits per heavy atom. The van der Waals surface area contributed by atoms with Crippen LogP contribution < -0.4 is 0 Å². The Morgan fingerprint density at radius 2 is 1.82 bits per heavy atom. The Bertz CT molecular complexity index is 998. The molecule has 0 fully saturated rings. The number of fused-ring (bicyclic) bond motifs is 1. The molecule has 1 aromatic heterocycles. The van der Waals surface area contributed by atoms with Crippen LogP contribution in [-0.2, 0) is 29.1 Å². The Labute approximate surface area is 166 Å². The zero-order valence-electron chi connectivity index (χ0n) is 16.0. The molecule has 1 N–H and O–H groups in total. The molecule has 3 aromatic rings. The number of esters is 1. The van der Waals surface area contributed by atoms with Crippen LogP contribution >= 0.6 is 0 Å². The van der Waals surface area contributed by atoms with Gasteiger partial charge in [-0.1, -0.05) is 24.3 Å². The predicted octanol–water partition coefficient (Wildman–Crippen LogP) is 3.54. The fourth-order valence-corrected chi connectivity index (χ4v) is 3.55. The second-order valence-corrected chi connectivity index (χ2v) is 7.77. The van der Waals surface area contributed by atoms with Gasteiger partial charge < -0.3 is 4.74 Å². The molecule has 1 atom stereocenters. The molecule has 0 aliphatic rings. The van der Waals surface area contributed by atoms with Crippen LogP contribution in [0.4, 0.5) is 0 Å². The maximum atomic E-state index is 11.9. The average Bonchev–Trinajstić information content (AvgIpc) is 3.11. The lowest BCUT2D eigenvalue weighted by atomic mass is 10.1. The molecule has 8 heteroatoms. The highest BCUT2D eigenvalue weighted by Crippen LogP contribution is 2.21. The molecular weight excluding hydrogens is 378 g/mol. The molecule has 0 bridgehead atoms. The molecule has 0 saturated carbocycles. The third-order valence-corrected chi connectivity index (χ3v) is 5.17. The van der Waals surface area contributed by atoms with Crippen molar-refractivity contribution in [1.29, 1.82) is 0 Å². The maximum Gasteiger partial charge on any atom is 0.337 e. The minimum absolute atomic E-state index is 0.226. The van der Waals surface area contributed by atoms with Crippen LogP contribution in [0.5, 0.6) is 0 Å². The Kier molecular flexibility index (Phi) is 6.23. The van der Waals surface area contributed by atoms with Gasteiger partial charge in [0.1, 0.15) is 0 Å². The van der Waals surface area contributed by atoms with Crippen molar-refractivity contribution >= 4 is 28.1 Å². The van der Waals surface area contributed by atoms with Crippen molar-refractivity contribution in [3.63, 3.8) is 0 Å². The van der Waals surface area contributed by atoms with Gasteiger partial charge in [-0.05, 0) is 43.2 Å². The number of methoxy groups -OCH3 is 1. The van der Waals surface area contributed by atoms with Crippen LogP contribution in [-0.4, -0.2) is 35.9 Å². The van der Waals surface area contributed by atoms with E-state index in [2.05, 4.69) is 23.7 Å². The van der Waals surface area contributed by atoms with Crippen LogP contribution in [0.15, 0.2) is 48.7 Å². The third-order valence-electron chi connectivity index (χ3n) is 4.47. The summed E-state index contributed by atoms with van der Waals surface area (Å²) in [6, 6.07) is 12.9. The van der Waals surface area contributed by atoms with E-state index in [4.69, 9.17) is 0 Å². The molecule has 0 saturated heterocycles. The number of nitrogens with zero attached hydrogens (tertiary/aromatic N) is 3. The van der Waals surface area contributed by atoms with Crippen molar-refractivity contribution in [2.45, 2.75) is 33.0 Å². The first-order valence-electron chi connectivity index (χ1n) is 8.88. The van der Waals surface area contributed by atoms with Crippen LogP contribution in [0.25, 0.3) is 10.9 Å². The topological polar surface area (TPSA) is 84.7 Å². The number of rotatable bonds is 7. The normalized spacial score (nSPS) is 12.6. The van der Waals surface area contributed by atoms with Crippen LogP contribution in [0.2, 0.25) is 0 Å². The van der Waals surface area contributed by atoms with E-state index in [9.17, 15) is 13.6 Å². The summed E-state index contributed by atoms with van der Waals surface area (Å²) < 4.78 is 29.7. The summed E-state index contributed by atoms with van der Waals surface area (Å²) in [7, 11) is 1.33. The van der Waals surface area contributed by atoms with Gasteiger partial charge in [-0.15, -0.1) is 0 Å². The van der Waals surface area contributed by atoms with E-state index in [1.807, 2.05) is 29.1 Å². The molecule has 0 aliphatic carbocycles. The van der Waals surface area contributed by atoms with Crippen molar-refractivity contribution in [1.82, 2.24) is 14.1 Å². The SMILES string of the molecule is COC(=O)c1ccc(CN(Cc2ccc3cnn(C(C)C)c3c2)S(=O)O)cc1. The minimum atomic E-state index is -2.14. The number of hydrogen-bond donors (Lipinski definition) is 1. The fourth-order valence-electron chi connectivity index (χ4n) is 3.03. The van der Waals surface area contributed by atoms with Gasteiger partial charge in [0.25, 0.3) is 0 Å². The van der Waals surface area contributed by atoms with Gasteiger partial charge in [0.2, 0.25) is 11.3 Å². The molecule has 2 aromatic carbocycles. The number of carbonyl (C=O) groups excluding carboxylic acids is 1. The smallest absolute Gasteiger partial charge is 0.337 e. The summed E-state index contributed by atoms with van der Waals surface area (Å²) in [5.41, 5.74) is 3.18. The Morgan fingerprint density at radius 3 is 2.43 bits per heavy atom. The lowest BCUT2D eigenvalue weighted by Gasteiger charge is -2.18. The lowest BCUT2D eigenvalue weighted by Crippen LogP contribution is -2.24. The van der Waals surface area contributed by atoms with Crippen molar-refractivity contribution in [2.75, 3.05) is 7.11 Å². The summed E-state index contributed by atoms with van der Waals surface area (Å²) in [5, 5.41) is 5.44. The first-order chi connectivity index (χ1) is 13.4. The van der Waals surface area contributed by atoms with E-state index in [0.29, 0.717) is 12.1 Å². The van der Waals surface area contributed by atoms with Crippen LogP contribution in [0, 0.1) is 0 Å². The van der Waals surface area contributed by atoms with E-state index < -0.39 is 17.2 Å². The van der Waals surface area contributed by atoms with Gasteiger partial charge in [0, 0.05) is 24.5 Å². The van der Waals surface area contributed by atoms with E-state index >= 15 is 0 Å². The average molecular weight is 401 g/mol. The number of carbonyl (C=O) groups is 1. The maximum absolute atomic E-state index is 11.9. The Balaban J connectivity index is 1.79. The summed E-state index contributed by atoms with van der Waals surface area (Å²) in [6.45, 7) is 4.70. The molecule has 0 aliphatic heterocycles. The molecule has 7 nitrogen and oxygen atoms in total. The highest BCUT2D eigenvalue weighted by Gasteiger charge is 2.15. The van der Waals surface area contributed by atoms with Crippen molar-refractivity contribution in [3.05, 3.63) is 65.4 Å². The van der Waals surface area contributed by atoms with Gasteiger partial charge in [-0.3, -0.25) is 9.23 Å². The first-order valence-corrected chi connectivity index (χ1v) is 9.94. The summed E-state index contributed by atoms with van der Waals surface area (Å²) in [6.07, 6.45) is 1.82. The number of aromatic nitrogens is 2. The van der Waals surface area contributed by atoms with E-state index in [1.165, 1.54) is 11.4 Å². The van der Waals surface area contributed by atoms with E-state index in [1.54, 1.807) is 24.3 Å². The monoisotopic (exact) mass is 401 g/mol. The summed E-state index contributed by atoms with van der Waals surface area (Å²) in [5.74, 6) is -0.413. The molecule has 1 heterocycles. The zero-order valence-corrected chi connectivity index (χ0v) is 16.8. The third kappa shape index (κ3) is 4.46. The lowest BCUT2D eigenvalue weighted by molar-refractivity contribution is 0.0600. The van der Waals surface area contributed by atoms with Gasteiger partial charge in [-0.25, -0.2) is 9.00 Å². The molecule has 148 valence electrons. The van der Waals surface area contributed by atoms with Crippen molar-refractivity contribution < 1.29 is 18.3 Å². The predicted molar refractivity (Wildman–Crippen MR) is 108 cm³/mol. The number of benzene rings is 2. The Hall–Kier alpha value is -2.55. The highest BCUT2D eigenvalue weighted by atomic mass is 32.2. The van der Waals surface area contributed by atoms with E-state index in [-0.39, 0.29) is 12.6 Å². The van der Waals surface area contributed by atoms with E-state index in [0.717, 1.165) is 22.0 Å². The molecule has 1 unspecified atom stereocenters. The van der Waals surface area contributed by atoms with Crippen molar-refractivity contribution in [3.8, 4) is 0 Å². The molecule has 28 heavy (non-hydrogen) atoms. The summed E-state index contributed by atoms with van der Waals surface area (Å²) in [4.78, 5) is 11.5. The largest absolute Gasteiger partial charge is 0.465 e. The van der Waals surface area contributed by atoms with Gasteiger partial charge in [0.05, 0.1) is 24.4 Å². The van der Waals surface area contributed by atoms with Crippen LogP contribution in [0.1, 0.15) is 41.4 Å². The molecular formula is C20H23N3O4S. The van der Waals surface area contributed by atoms with Gasteiger partial charge in [-0.2, -0.15) is 9.40 Å². The standard InChI is InChI=1S/C20H23N3O4S/c1-14(2)23-19-10-16(6-9-18(19)11-21-23)13-22(28(25)26)12-15-4-7-17(8-5-15)20(24)27-3/h4-11,14H,12-13H2,1-3H3,(H,25,26). The quantitative estimate of drug-likeness (QED) is 0.483. The number of ether oxygens (including phenoxy) is 1. The number of hydrogen-bond acceptors (Lipinski definition) is 4. The molecule has 0 spiro atoms. The highest BCUT2D eigenvalue weighted by molar-refractivity contribution is 7.76. The van der Waals surface area contributed by atoms with Gasteiger partial charge in [0.15, 0.2) is 0 Å². The van der Waals surface area contributed by atoms with Gasteiger partial charge >= 0.3 is 5.97 Å².